The lowest BCUT2D eigenvalue weighted by Crippen LogP contribution is -2.52. The van der Waals surface area contributed by atoms with Gasteiger partial charge in [-0.1, -0.05) is 100.0 Å². The van der Waals surface area contributed by atoms with Gasteiger partial charge >= 0.3 is 12.1 Å². The molecule has 0 spiro atoms. The first-order chi connectivity index (χ1) is 64.8. The molecule has 4 N–H and O–H groups in total. The number of ketones is 3. The van der Waals surface area contributed by atoms with E-state index in [1.165, 1.54) is 17.5 Å². The number of halogens is 1. The quantitative estimate of drug-likeness (QED) is 0.00681. The molecule has 10 heterocycles. The zero-order chi connectivity index (χ0) is 92.8. The van der Waals surface area contributed by atoms with Gasteiger partial charge in [-0.2, -0.15) is 0 Å². The minimum Gasteiger partial charge on any atom is -0.394 e. The highest BCUT2D eigenvalue weighted by Gasteiger charge is 2.27. The Morgan fingerprint density at radius 3 is 2.01 bits per heavy atom. The second-order valence-electron chi connectivity index (χ2n) is 31.5. The molecule has 2 fully saturated rings. The summed E-state index contributed by atoms with van der Waals surface area (Å²) in [5, 5.41) is 28.6. The number of Topliss-reactive ketones (excluding diaryl/α,β-unsaturated/α-hetero) is 3. The molecule has 5 amide bonds. The van der Waals surface area contributed by atoms with Crippen molar-refractivity contribution in [2.24, 2.45) is 10.3 Å². The number of thiazole rings is 3. The first kappa shape index (κ1) is 96.4. The highest BCUT2D eigenvalue weighted by molar-refractivity contribution is 7.80. The van der Waals surface area contributed by atoms with Crippen LogP contribution in [0.5, 0.6) is 0 Å². The van der Waals surface area contributed by atoms with Crippen LogP contribution in [0, 0.1) is 20.8 Å². The molecule has 2 aliphatic heterocycles. The molecule has 0 aliphatic carbocycles. The van der Waals surface area contributed by atoms with Gasteiger partial charge in [-0.05, 0) is 128 Å². The van der Waals surface area contributed by atoms with E-state index in [9.17, 15) is 28.8 Å². The molecule has 2 saturated heterocycles. The van der Waals surface area contributed by atoms with E-state index in [-0.39, 0.29) is 48.5 Å². The molecule has 0 radical (unpaired) electrons. The second kappa shape index (κ2) is 48.7. The first-order valence-corrected chi connectivity index (χ1v) is 47.5. The van der Waals surface area contributed by atoms with Gasteiger partial charge < -0.3 is 60.0 Å². The molecular weight excluding hydrogens is 1800 g/mol. The number of carbonyl (C=O) groups is 6. The van der Waals surface area contributed by atoms with Crippen LogP contribution in [-0.2, 0) is 51.4 Å². The molecule has 0 atom stereocenters. The Hall–Kier alpha value is -12.7. The molecule has 688 valence electrons. The molecule has 31 nitrogen and oxygen atoms in total. The number of nitrogens with zero attached hydrogens (tertiary/aromatic N) is 17. The predicted molar refractivity (Wildman–Crippen MR) is 527 cm³/mol. The van der Waals surface area contributed by atoms with Crippen LogP contribution in [0.1, 0.15) is 121 Å². The molecule has 0 saturated carbocycles. The lowest BCUT2D eigenvalue weighted by molar-refractivity contribution is 0.0524. The predicted octanol–water partition coefficient (Wildman–Crippen LogP) is 15.9. The summed E-state index contributed by atoms with van der Waals surface area (Å²) in [7, 11) is 1.90. The maximum absolute atomic E-state index is 13.4. The number of hydrogen-bond donors (Lipinski definition) is 6. The number of hydrogen-bond acceptors (Lipinski definition) is 31. The third-order valence-corrected chi connectivity index (χ3v) is 25.5. The van der Waals surface area contributed by atoms with Crippen molar-refractivity contribution in [2.45, 2.75) is 88.5 Å². The highest BCUT2D eigenvalue weighted by Crippen LogP contribution is 2.35. The number of oxime groups is 2. The average molecular weight is 1910 g/mol. The number of amides is 5. The Kier molecular flexibility index (Phi) is 35.3. The molecule has 2 aliphatic rings. The fraction of sp³-hybridized carbons (Fsp3) is 0.312. The minimum atomic E-state index is -0.307. The number of benzene rings is 5. The second-order valence-corrected chi connectivity index (χ2v) is 35.8. The number of aryl methyl sites for hydroxylation is 5. The number of carbonyl (C=O) groups excluding carboxylic acids is 6. The summed E-state index contributed by atoms with van der Waals surface area (Å²) >= 11 is 19.9. The molecule has 13 aromatic rings. The smallest absolute Gasteiger partial charge is 0.317 e. The summed E-state index contributed by atoms with van der Waals surface area (Å²) in [5.41, 5.74) is 12.2. The van der Waals surface area contributed by atoms with Crippen LogP contribution in [0.3, 0.4) is 0 Å². The fourth-order valence-electron chi connectivity index (χ4n) is 14.9. The van der Waals surface area contributed by atoms with Gasteiger partial charge in [0.15, 0.2) is 22.5 Å². The van der Waals surface area contributed by atoms with E-state index < -0.39 is 0 Å². The first-order valence-electron chi connectivity index (χ1n) is 43.6. The fourth-order valence-corrected chi connectivity index (χ4v) is 17.9. The largest absolute Gasteiger partial charge is 0.394 e. The summed E-state index contributed by atoms with van der Waals surface area (Å²) < 4.78 is 11.3. The van der Waals surface area contributed by atoms with Gasteiger partial charge in [0.25, 0.3) is 5.91 Å². The number of para-hydroxylation sites is 2. The van der Waals surface area contributed by atoms with E-state index in [1.54, 1.807) is 89.4 Å². The molecule has 133 heavy (non-hydrogen) atoms. The van der Waals surface area contributed by atoms with E-state index in [2.05, 4.69) is 131 Å². The van der Waals surface area contributed by atoms with Gasteiger partial charge in [-0.25, -0.2) is 44.5 Å². The maximum atomic E-state index is 13.4. The molecule has 0 bridgehead atoms. The molecule has 5 aromatic carbocycles. The number of pyridine rings is 3. The Labute approximate surface area is 798 Å². The van der Waals surface area contributed by atoms with Gasteiger partial charge in [-0.15, -0.1) is 47.9 Å². The zero-order valence-corrected chi connectivity index (χ0v) is 79.0. The molecule has 8 aromatic heterocycles. The topological polar surface area (TPSA) is 357 Å². The van der Waals surface area contributed by atoms with E-state index in [4.69, 9.17) is 35.7 Å². The van der Waals surface area contributed by atoms with Crippen molar-refractivity contribution in [1.82, 2.24) is 75.2 Å². The van der Waals surface area contributed by atoms with Crippen LogP contribution in [0.4, 0.5) is 37.7 Å². The molecular formula is C96H102ClN21O10S5. The number of aromatic nitrogens is 10. The van der Waals surface area contributed by atoms with Crippen molar-refractivity contribution in [1.29, 1.82) is 0 Å². The van der Waals surface area contributed by atoms with Crippen molar-refractivity contribution in [3.05, 3.63) is 263 Å². The van der Waals surface area contributed by atoms with E-state index >= 15 is 0 Å². The summed E-state index contributed by atoms with van der Waals surface area (Å²) in [6.07, 6.45) is 21.5. The average Bonchev–Trinajstić information content (AvgIpc) is 1.04. The third-order valence-electron chi connectivity index (χ3n) is 21.9. The van der Waals surface area contributed by atoms with Crippen LogP contribution in [0.25, 0.3) is 33.1 Å². The number of thiol groups is 2. The lowest BCUT2D eigenvalue weighted by atomic mass is 9.97. The molecule has 15 rings (SSSR count). The SMILES string of the molecule is Cc1ccc(CC(=O)c2ccc(CN3CCN(C(=O)NCCOCCO/N=C/c4cc(S)c5ncc(C(=O)CCCc6nccs6)cc5c4)CC3)cc2)cc1Cc1nccc(-c2cccnc2)n1.Cc1nc(Nc2ncc(C(=O)Nc3c(C)cccc3Cl)s2)cc(N2CCN(C(=O)NCCOCCO/N=C\CN(C)c3c(C(=O)CCCc4nccs4)cnc4c(S)cccc34)CC2)n1. The zero-order valence-electron chi connectivity index (χ0n) is 74.0. The lowest BCUT2D eigenvalue weighted by Gasteiger charge is -2.35. The van der Waals surface area contributed by atoms with Crippen LogP contribution in [0.2, 0.25) is 5.02 Å². The Bertz CT molecular complexity index is 6190. The Morgan fingerprint density at radius 2 is 1.30 bits per heavy atom. The van der Waals surface area contributed by atoms with E-state index in [1.807, 2.05) is 145 Å². The van der Waals surface area contributed by atoms with Crippen molar-refractivity contribution < 1.29 is 47.9 Å². The van der Waals surface area contributed by atoms with Gasteiger partial charge in [0.2, 0.25) is 0 Å². The molecule has 0 unspecified atom stereocenters. The number of ether oxygens (including phenoxy) is 2. The van der Waals surface area contributed by atoms with Gasteiger partial charge in [0.05, 0.1) is 100 Å². The van der Waals surface area contributed by atoms with Crippen molar-refractivity contribution in [3.8, 4) is 11.3 Å². The monoisotopic (exact) mass is 1900 g/mol. The minimum absolute atomic E-state index is 0.0169. The summed E-state index contributed by atoms with van der Waals surface area (Å²) in [5.74, 6) is 2.37. The summed E-state index contributed by atoms with van der Waals surface area (Å²) in [6, 6.07) is 38.1. The van der Waals surface area contributed by atoms with Crippen LogP contribution in [-0.4, -0.2) is 231 Å². The van der Waals surface area contributed by atoms with E-state index in [0.29, 0.717) is 183 Å². The maximum Gasteiger partial charge on any atom is 0.317 e. The third kappa shape index (κ3) is 28.0. The number of anilines is 5. The number of piperazine rings is 2. The Balaban J connectivity index is 0.000000214. The van der Waals surface area contributed by atoms with Crippen LogP contribution in [0.15, 0.2) is 202 Å². The van der Waals surface area contributed by atoms with Crippen molar-refractivity contribution in [3.63, 3.8) is 0 Å². The number of nitrogens with one attached hydrogen (secondary N) is 4. The van der Waals surface area contributed by atoms with Crippen molar-refractivity contribution in [2.75, 3.05) is 139 Å². The van der Waals surface area contributed by atoms with Crippen molar-refractivity contribution >= 4 is 169 Å². The standard InChI is InChI=1S/C52H53N9O5S2.C44H49ClN12O5S3/c1-36-7-8-38(26-42(36)31-49-54-15-13-45(59-49)41-4-3-14-53-33-41)28-47(63)40-11-9-37(10-12-40)35-60-18-20-61(21-19-60)52(64)56-16-22-65-23-24-66-58-32-39-27-43-30-44(34-57-51(43)48(67)29-39)46(62)5-2-6-50-55-17-25-68-50;1-28-7-4-9-32(45)39(28)54-42(59)35-27-49-43(65-35)53-36-25-37(52-29(2)51-36)56-17-19-57(20-18-56)44(60)47-14-21-61-22-23-62-50-13-16-55(3)41-30-8-5-11-34(63)40(30)48-26-31(41)33(58)10-6-12-38-46-15-24-64-38/h3-4,7-15,17,25-27,29-30,32-34,67H,2,5-6,16,18-24,28,31,35H2,1H3,(H,56,64);4-5,7-9,11,13,15,24-27,63H,6,10,12,14,16-23H2,1-3H3,(H,47,60)(H,54,59)(H,49,51,52,53)/b58-32+;50-13-. The Morgan fingerprint density at radius 1 is 0.602 bits per heavy atom. The number of rotatable bonds is 41. The normalized spacial score (nSPS) is 12.9. The van der Waals surface area contributed by atoms with Gasteiger partial charge in [0, 0.05) is 202 Å². The van der Waals surface area contributed by atoms with Gasteiger partial charge in [0.1, 0.15) is 41.4 Å². The number of fused-ring (bicyclic) bond motifs is 2. The van der Waals surface area contributed by atoms with Gasteiger partial charge in [-0.3, -0.25) is 39.0 Å². The number of urea groups is 2. The summed E-state index contributed by atoms with van der Waals surface area (Å²) in [6.45, 7) is 14.2. The molecule has 37 heteroatoms. The summed E-state index contributed by atoms with van der Waals surface area (Å²) in [4.78, 5) is 146. The highest BCUT2D eigenvalue weighted by atomic mass is 35.5. The van der Waals surface area contributed by atoms with Crippen LogP contribution >= 0.6 is 70.9 Å². The van der Waals surface area contributed by atoms with E-state index in [0.717, 1.165) is 126 Å². The van der Waals surface area contributed by atoms with Crippen LogP contribution < -0.4 is 31.1 Å².